The first kappa shape index (κ1) is 19.0. The number of pyridine rings is 1. The van der Waals surface area contributed by atoms with Gasteiger partial charge < -0.3 is 14.5 Å². The van der Waals surface area contributed by atoms with Crippen LogP contribution in [0, 0.1) is 10.5 Å². The molecule has 1 aliphatic rings. The molecule has 1 amide bonds. The normalized spacial score (nSPS) is 14.4. The summed E-state index contributed by atoms with van der Waals surface area (Å²) < 4.78 is 6.49. The van der Waals surface area contributed by atoms with Gasteiger partial charge in [-0.2, -0.15) is 0 Å². The summed E-state index contributed by atoms with van der Waals surface area (Å²) in [7, 11) is 1.67. The van der Waals surface area contributed by atoms with Gasteiger partial charge in [-0.15, -0.1) is 0 Å². The number of piperazine rings is 1. The first-order valence-corrected chi connectivity index (χ1v) is 10.4. The lowest BCUT2D eigenvalue weighted by Gasteiger charge is -2.36. The Labute approximate surface area is 178 Å². The van der Waals surface area contributed by atoms with Crippen molar-refractivity contribution in [3.63, 3.8) is 0 Å². The topological polar surface area (TPSA) is 45.7 Å². The fourth-order valence-corrected chi connectivity index (χ4v) is 4.26. The highest BCUT2D eigenvalue weighted by Crippen LogP contribution is 2.29. The summed E-state index contributed by atoms with van der Waals surface area (Å²) in [6.07, 6.45) is 0. The molecule has 3 aromatic rings. The van der Waals surface area contributed by atoms with Crippen molar-refractivity contribution in [3.8, 4) is 5.75 Å². The highest BCUT2D eigenvalue weighted by Gasteiger charge is 2.24. The van der Waals surface area contributed by atoms with E-state index in [-0.39, 0.29) is 5.91 Å². The molecule has 28 heavy (non-hydrogen) atoms. The van der Waals surface area contributed by atoms with E-state index in [0.29, 0.717) is 13.1 Å². The van der Waals surface area contributed by atoms with Crippen LogP contribution in [0.2, 0.25) is 0 Å². The van der Waals surface area contributed by atoms with E-state index in [0.717, 1.165) is 44.7 Å². The molecule has 1 fully saturated rings. The van der Waals surface area contributed by atoms with Crippen LogP contribution in [0.25, 0.3) is 10.9 Å². The van der Waals surface area contributed by atoms with Crippen LogP contribution in [0.1, 0.15) is 15.9 Å². The second-order valence-electron chi connectivity index (χ2n) is 6.91. The molecule has 6 heteroatoms. The van der Waals surface area contributed by atoms with E-state index in [1.165, 1.54) is 5.56 Å². The number of hydrogen-bond acceptors (Lipinski definition) is 4. The quantitative estimate of drug-likeness (QED) is 0.522. The molecule has 0 atom stereocenters. The Morgan fingerprint density at radius 3 is 2.54 bits per heavy atom. The predicted molar refractivity (Wildman–Crippen MR) is 120 cm³/mol. The van der Waals surface area contributed by atoms with E-state index in [9.17, 15) is 4.79 Å². The number of aromatic nitrogens is 1. The van der Waals surface area contributed by atoms with E-state index in [1.807, 2.05) is 41.3 Å². The van der Waals surface area contributed by atoms with Crippen molar-refractivity contribution in [3.05, 3.63) is 63.2 Å². The molecule has 0 saturated carbocycles. The molecular weight excluding hydrogens is 465 g/mol. The van der Waals surface area contributed by atoms with Crippen LogP contribution in [0.4, 0.5) is 5.82 Å². The summed E-state index contributed by atoms with van der Waals surface area (Å²) in [6, 6.07) is 15.9. The van der Waals surface area contributed by atoms with Crippen molar-refractivity contribution in [2.45, 2.75) is 6.92 Å². The van der Waals surface area contributed by atoms with Gasteiger partial charge in [0.1, 0.15) is 17.1 Å². The molecule has 0 unspecified atom stereocenters. The van der Waals surface area contributed by atoms with Crippen LogP contribution in [0.5, 0.6) is 5.75 Å². The summed E-state index contributed by atoms with van der Waals surface area (Å²) >= 11 is 2.22. The zero-order chi connectivity index (χ0) is 19.7. The SMILES string of the molecule is COc1cccc2c(C)cc(N3CCN(C(=O)c4ccccc4I)CC3)nc12. The number of halogens is 1. The standard InChI is InChI=1S/C22H22IN3O2/c1-15-14-20(24-21-16(15)7-5-9-19(21)28-2)25-10-12-26(13-11-25)22(27)17-6-3-4-8-18(17)23/h3-9,14H,10-13H2,1-2H3. The minimum atomic E-state index is 0.106. The molecule has 0 aliphatic carbocycles. The number of rotatable bonds is 3. The molecule has 0 bridgehead atoms. The van der Waals surface area contributed by atoms with E-state index in [4.69, 9.17) is 9.72 Å². The predicted octanol–water partition coefficient (Wildman–Crippen LogP) is 4.12. The van der Waals surface area contributed by atoms with Gasteiger partial charge in [-0.05, 0) is 59.3 Å². The number of ether oxygens (including phenoxy) is 1. The second-order valence-corrected chi connectivity index (χ2v) is 8.08. The van der Waals surface area contributed by atoms with Crippen LogP contribution in [0.3, 0.4) is 0 Å². The lowest BCUT2D eigenvalue weighted by atomic mass is 10.1. The molecule has 0 radical (unpaired) electrons. The number of methoxy groups -OCH3 is 1. The molecule has 2 aromatic carbocycles. The fraction of sp³-hybridized carbons (Fsp3) is 0.273. The summed E-state index contributed by atoms with van der Waals surface area (Å²) in [5.74, 6) is 1.83. The summed E-state index contributed by atoms with van der Waals surface area (Å²) in [4.78, 5) is 21.9. The summed E-state index contributed by atoms with van der Waals surface area (Å²) in [6.45, 7) is 5.01. The number of carbonyl (C=O) groups excluding carboxylic acids is 1. The summed E-state index contributed by atoms with van der Waals surface area (Å²) in [5, 5.41) is 1.11. The molecule has 1 saturated heterocycles. The number of nitrogens with zero attached hydrogens (tertiary/aromatic N) is 3. The highest BCUT2D eigenvalue weighted by molar-refractivity contribution is 14.1. The Balaban J connectivity index is 1.54. The number of anilines is 1. The van der Waals surface area contributed by atoms with Crippen LogP contribution in [-0.4, -0.2) is 49.1 Å². The van der Waals surface area contributed by atoms with Gasteiger partial charge in [-0.25, -0.2) is 4.98 Å². The molecule has 0 spiro atoms. The maximum Gasteiger partial charge on any atom is 0.255 e. The van der Waals surface area contributed by atoms with E-state index in [1.54, 1.807) is 7.11 Å². The smallest absolute Gasteiger partial charge is 0.255 e. The molecular formula is C22H22IN3O2. The van der Waals surface area contributed by atoms with E-state index < -0.39 is 0 Å². The maximum absolute atomic E-state index is 12.8. The van der Waals surface area contributed by atoms with Gasteiger partial charge in [-0.3, -0.25) is 4.79 Å². The first-order valence-electron chi connectivity index (χ1n) is 9.31. The third kappa shape index (κ3) is 3.53. The van der Waals surface area contributed by atoms with E-state index >= 15 is 0 Å². The second kappa shape index (κ2) is 7.95. The van der Waals surface area contributed by atoms with Crippen LogP contribution < -0.4 is 9.64 Å². The maximum atomic E-state index is 12.8. The number of aryl methyl sites for hydroxylation is 1. The Hall–Kier alpha value is -2.35. The first-order chi connectivity index (χ1) is 13.6. The molecule has 1 aliphatic heterocycles. The molecule has 1 aromatic heterocycles. The highest BCUT2D eigenvalue weighted by atomic mass is 127. The third-order valence-corrected chi connectivity index (χ3v) is 6.15. The molecule has 144 valence electrons. The Bertz CT molecular complexity index is 1030. The van der Waals surface area contributed by atoms with Gasteiger partial charge in [0, 0.05) is 35.1 Å². The van der Waals surface area contributed by atoms with Crippen molar-refractivity contribution < 1.29 is 9.53 Å². The van der Waals surface area contributed by atoms with Crippen molar-refractivity contribution in [1.82, 2.24) is 9.88 Å². The van der Waals surface area contributed by atoms with Crippen LogP contribution >= 0.6 is 22.6 Å². The van der Waals surface area contributed by atoms with Crippen molar-refractivity contribution in [2.24, 2.45) is 0 Å². The van der Waals surface area contributed by atoms with Gasteiger partial charge >= 0.3 is 0 Å². The number of hydrogen-bond donors (Lipinski definition) is 0. The number of fused-ring (bicyclic) bond motifs is 1. The van der Waals surface area contributed by atoms with Crippen LogP contribution in [0.15, 0.2) is 48.5 Å². The number of carbonyl (C=O) groups is 1. The Morgan fingerprint density at radius 2 is 1.82 bits per heavy atom. The minimum Gasteiger partial charge on any atom is -0.494 e. The Kier molecular flexibility index (Phi) is 5.39. The molecule has 5 nitrogen and oxygen atoms in total. The number of benzene rings is 2. The van der Waals surface area contributed by atoms with Crippen molar-refractivity contribution in [2.75, 3.05) is 38.2 Å². The lowest BCUT2D eigenvalue weighted by molar-refractivity contribution is 0.0745. The lowest BCUT2D eigenvalue weighted by Crippen LogP contribution is -2.49. The van der Waals surface area contributed by atoms with Gasteiger partial charge in [0.25, 0.3) is 5.91 Å². The van der Waals surface area contributed by atoms with Crippen molar-refractivity contribution in [1.29, 1.82) is 0 Å². The average molecular weight is 487 g/mol. The zero-order valence-electron chi connectivity index (χ0n) is 16.0. The van der Waals surface area contributed by atoms with Gasteiger partial charge in [0.05, 0.1) is 12.7 Å². The minimum absolute atomic E-state index is 0.106. The van der Waals surface area contributed by atoms with Gasteiger partial charge in [0.15, 0.2) is 0 Å². The average Bonchev–Trinajstić information content (AvgIpc) is 2.73. The van der Waals surface area contributed by atoms with Gasteiger partial charge in [-0.1, -0.05) is 24.3 Å². The third-order valence-electron chi connectivity index (χ3n) is 5.21. The summed E-state index contributed by atoms with van der Waals surface area (Å²) in [5.41, 5.74) is 2.84. The van der Waals surface area contributed by atoms with Crippen molar-refractivity contribution >= 4 is 45.2 Å². The number of para-hydroxylation sites is 1. The monoisotopic (exact) mass is 487 g/mol. The number of amides is 1. The van der Waals surface area contributed by atoms with E-state index in [2.05, 4.69) is 46.5 Å². The molecule has 4 rings (SSSR count). The largest absolute Gasteiger partial charge is 0.494 e. The fourth-order valence-electron chi connectivity index (χ4n) is 3.64. The molecule has 2 heterocycles. The Morgan fingerprint density at radius 1 is 1.07 bits per heavy atom. The molecule has 0 N–H and O–H groups in total. The van der Waals surface area contributed by atoms with Gasteiger partial charge in [0.2, 0.25) is 0 Å². The van der Waals surface area contributed by atoms with Crippen LogP contribution in [-0.2, 0) is 0 Å². The zero-order valence-corrected chi connectivity index (χ0v) is 18.1.